The van der Waals surface area contributed by atoms with Gasteiger partial charge in [-0.05, 0) is 59.6 Å². The van der Waals surface area contributed by atoms with Crippen LogP contribution in [0.15, 0.2) is 83.2 Å². The van der Waals surface area contributed by atoms with Gasteiger partial charge in [-0.25, -0.2) is 0 Å². The van der Waals surface area contributed by atoms with Crippen LogP contribution >= 0.6 is 0 Å². The first-order valence-electron chi connectivity index (χ1n) is 10.2. The van der Waals surface area contributed by atoms with E-state index in [0.717, 1.165) is 35.6 Å². The molecule has 29 heavy (non-hydrogen) atoms. The maximum Gasteiger partial charge on any atom is 0.302 e. The molecule has 0 unspecified atom stereocenters. The number of aromatic amines is 1. The number of carbonyl (C=O) groups is 1. The maximum absolute atomic E-state index is 11.0. The first-order chi connectivity index (χ1) is 14.2. The molecule has 1 aromatic heterocycles. The molecule has 0 amide bonds. The van der Waals surface area contributed by atoms with Crippen molar-refractivity contribution in [3.8, 4) is 0 Å². The third kappa shape index (κ3) is 5.23. The number of nitrogens with one attached hydrogen (secondary N) is 1. The Labute approximate surface area is 171 Å². The van der Waals surface area contributed by atoms with Crippen LogP contribution in [0.1, 0.15) is 48.9 Å². The van der Waals surface area contributed by atoms with Gasteiger partial charge in [0.2, 0.25) is 0 Å². The van der Waals surface area contributed by atoms with Crippen LogP contribution in [0.4, 0.5) is 0 Å². The summed E-state index contributed by atoms with van der Waals surface area (Å²) in [6.45, 7) is 1.69. The average Bonchev–Trinajstić information content (AvgIpc) is 3.50. The quantitative estimate of drug-likeness (QED) is 0.660. The summed E-state index contributed by atoms with van der Waals surface area (Å²) in [6, 6.07) is 12.6. The van der Waals surface area contributed by atoms with Crippen molar-refractivity contribution >= 4 is 11.7 Å². The van der Waals surface area contributed by atoms with E-state index in [0.29, 0.717) is 0 Å². The van der Waals surface area contributed by atoms with E-state index in [4.69, 9.17) is 9.73 Å². The van der Waals surface area contributed by atoms with E-state index in [2.05, 4.69) is 35.5 Å². The summed E-state index contributed by atoms with van der Waals surface area (Å²) in [5.74, 6) is 0.447. The number of H-pyrrole nitrogens is 1. The van der Waals surface area contributed by atoms with Gasteiger partial charge in [0.25, 0.3) is 0 Å². The molecule has 2 heterocycles. The Morgan fingerprint density at radius 3 is 2.86 bits per heavy atom. The molecule has 4 nitrogen and oxygen atoms in total. The van der Waals surface area contributed by atoms with Gasteiger partial charge in [-0.15, -0.1) is 0 Å². The van der Waals surface area contributed by atoms with Crippen LogP contribution in [-0.4, -0.2) is 23.3 Å². The molecule has 1 aliphatic carbocycles. The van der Waals surface area contributed by atoms with Gasteiger partial charge >= 0.3 is 5.97 Å². The number of rotatable bonds is 7. The van der Waals surface area contributed by atoms with Gasteiger partial charge in [-0.3, -0.25) is 9.79 Å². The molecular weight excluding hydrogens is 360 g/mol. The molecule has 4 heteroatoms. The topological polar surface area (TPSA) is 54.4 Å². The third-order valence-corrected chi connectivity index (χ3v) is 5.24. The predicted molar refractivity (Wildman–Crippen MR) is 116 cm³/mol. The Balaban J connectivity index is 1.56. The largest absolute Gasteiger partial charge is 0.462 e. The van der Waals surface area contributed by atoms with E-state index >= 15 is 0 Å². The number of carbonyl (C=O) groups excluding carboxylic acids is 1. The Bertz CT molecular complexity index is 989. The molecule has 0 saturated heterocycles. The monoisotopic (exact) mass is 386 g/mol. The van der Waals surface area contributed by atoms with Crippen molar-refractivity contribution in [2.45, 2.75) is 38.5 Å². The van der Waals surface area contributed by atoms with Crippen molar-refractivity contribution < 1.29 is 9.53 Å². The minimum atomic E-state index is -0.274. The fourth-order valence-corrected chi connectivity index (χ4v) is 3.52. The summed E-state index contributed by atoms with van der Waals surface area (Å²) >= 11 is 0. The first-order valence-corrected chi connectivity index (χ1v) is 10.2. The minimum Gasteiger partial charge on any atom is -0.462 e. The summed E-state index contributed by atoms with van der Waals surface area (Å²) < 4.78 is 5.03. The maximum atomic E-state index is 11.0. The van der Waals surface area contributed by atoms with Gasteiger partial charge in [-0.2, -0.15) is 0 Å². The lowest BCUT2D eigenvalue weighted by atomic mass is 9.97. The number of nitrogens with zero attached hydrogens (tertiary/aromatic N) is 1. The Hall–Kier alpha value is -3.14. The van der Waals surface area contributed by atoms with Crippen LogP contribution in [0.5, 0.6) is 0 Å². The normalized spacial score (nSPS) is 16.8. The fourth-order valence-electron chi connectivity index (χ4n) is 3.52. The van der Waals surface area contributed by atoms with Gasteiger partial charge in [0.05, 0.1) is 5.71 Å². The average molecular weight is 386 g/mol. The van der Waals surface area contributed by atoms with E-state index in [1.165, 1.54) is 36.6 Å². The van der Waals surface area contributed by atoms with Crippen molar-refractivity contribution in [3.63, 3.8) is 0 Å². The number of allylic oxidation sites excluding steroid dienone is 4. The molecule has 1 aromatic carbocycles. The number of aromatic nitrogens is 1. The molecule has 0 bridgehead atoms. The number of ether oxygens (including phenoxy) is 1. The zero-order valence-electron chi connectivity index (χ0n) is 16.7. The van der Waals surface area contributed by atoms with Crippen LogP contribution in [0, 0.1) is 0 Å². The van der Waals surface area contributed by atoms with E-state index in [1.54, 1.807) is 0 Å². The number of aliphatic imine (C=N–C) groups is 1. The highest BCUT2D eigenvalue weighted by molar-refractivity contribution is 6.02. The van der Waals surface area contributed by atoms with E-state index < -0.39 is 0 Å². The molecule has 0 radical (unpaired) electrons. The van der Waals surface area contributed by atoms with E-state index in [9.17, 15) is 4.79 Å². The molecule has 2 aliphatic rings. The highest BCUT2D eigenvalue weighted by atomic mass is 16.5. The van der Waals surface area contributed by atoms with Crippen molar-refractivity contribution in [2.24, 2.45) is 4.99 Å². The van der Waals surface area contributed by atoms with Crippen molar-refractivity contribution in [1.29, 1.82) is 0 Å². The lowest BCUT2D eigenvalue weighted by molar-refractivity contribution is -0.139. The number of benzene rings is 1. The third-order valence-electron chi connectivity index (χ3n) is 5.24. The molecule has 0 spiro atoms. The van der Waals surface area contributed by atoms with Crippen LogP contribution < -0.4 is 0 Å². The van der Waals surface area contributed by atoms with E-state index in [1.807, 2.05) is 36.6 Å². The van der Waals surface area contributed by atoms with Crippen LogP contribution in [0.25, 0.3) is 0 Å². The van der Waals surface area contributed by atoms with Gasteiger partial charge < -0.3 is 9.72 Å². The summed E-state index contributed by atoms with van der Waals surface area (Å²) in [5.41, 5.74) is 7.13. The molecular formula is C25H26N2O2. The summed E-state index contributed by atoms with van der Waals surface area (Å²) in [5, 5.41) is 0. The second kappa shape index (κ2) is 8.91. The molecule has 2 aromatic rings. The standard InChI is InChI=1S/C25H26N2O2/c1-18(28)29-13-5-8-23-17-27-24(20-6-3-2-4-7-20)12-11-22(23)14-19-15-25(26-16-19)21-9-10-21/h2-8,11,15-17,21,26H,9-10,12-14H2,1H3/b8-5+. The van der Waals surface area contributed by atoms with Crippen molar-refractivity contribution in [2.75, 3.05) is 6.61 Å². The second-order valence-corrected chi connectivity index (χ2v) is 7.58. The highest BCUT2D eigenvalue weighted by Gasteiger charge is 2.25. The molecule has 1 saturated carbocycles. The number of hydrogen-bond donors (Lipinski definition) is 1. The summed E-state index contributed by atoms with van der Waals surface area (Å²) in [4.78, 5) is 19.2. The molecule has 148 valence electrons. The second-order valence-electron chi connectivity index (χ2n) is 7.58. The molecule has 0 atom stereocenters. The number of esters is 1. The SMILES string of the molecule is CC(=O)OC/C=C/C1=CN=C(c2ccccc2)CC=C1Cc1c[nH]c(C2CC2)c1. The van der Waals surface area contributed by atoms with Gasteiger partial charge in [0, 0.05) is 31.4 Å². The Morgan fingerprint density at radius 2 is 2.10 bits per heavy atom. The zero-order valence-corrected chi connectivity index (χ0v) is 16.7. The molecule has 4 rings (SSSR count). The fraction of sp³-hybridized carbons (Fsp3) is 0.280. The first kappa shape index (κ1) is 19.2. The van der Waals surface area contributed by atoms with Gasteiger partial charge in [0.1, 0.15) is 6.61 Å². The molecule has 1 aliphatic heterocycles. The zero-order chi connectivity index (χ0) is 20.1. The summed E-state index contributed by atoms with van der Waals surface area (Å²) in [6.07, 6.45) is 14.4. The van der Waals surface area contributed by atoms with Crippen LogP contribution in [0.2, 0.25) is 0 Å². The highest BCUT2D eigenvalue weighted by Crippen LogP contribution is 2.39. The van der Waals surface area contributed by atoms with E-state index in [-0.39, 0.29) is 12.6 Å². The van der Waals surface area contributed by atoms with Gasteiger partial charge in [-0.1, -0.05) is 42.5 Å². The Morgan fingerprint density at radius 1 is 1.28 bits per heavy atom. The van der Waals surface area contributed by atoms with Gasteiger partial charge in [0.15, 0.2) is 0 Å². The summed E-state index contributed by atoms with van der Waals surface area (Å²) in [7, 11) is 0. The molecule has 1 fully saturated rings. The Kier molecular flexibility index (Phi) is 5.89. The van der Waals surface area contributed by atoms with Crippen LogP contribution in [0.3, 0.4) is 0 Å². The van der Waals surface area contributed by atoms with Crippen molar-refractivity contribution in [1.82, 2.24) is 4.98 Å². The predicted octanol–water partition coefficient (Wildman–Crippen LogP) is 5.26. The smallest absolute Gasteiger partial charge is 0.302 e. The lowest BCUT2D eigenvalue weighted by Gasteiger charge is -2.07. The lowest BCUT2D eigenvalue weighted by Crippen LogP contribution is -1.99. The molecule has 1 N–H and O–H groups in total. The minimum absolute atomic E-state index is 0.269. The van der Waals surface area contributed by atoms with Crippen molar-refractivity contribution in [3.05, 3.63) is 95.0 Å². The van der Waals surface area contributed by atoms with Crippen LogP contribution in [-0.2, 0) is 16.0 Å². The number of hydrogen-bond acceptors (Lipinski definition) is 3.